The molecule has 1 amide bonds. The predicted molar refractivity (Wildman–Crippen MR) is 156 cm³/mol. The van der Waals surface area contributed by atoms with E-state index < -0.39 is 29.7 Å². The maximum atomic E-state index is 13.1. The minimum absolute atomic E-state index is 0.0848. The zero-order chi connectivity index (χ0) is 30.4. The second-order valence-corrected chi connectivity index (χ2v) is 9.88. The van der Waals surface area contributed by atoms with Crippen LogP contribution in [0.25, 0.3) is 21.9 Å². The lowest BCUT2D eigenvalue weighted by atomic mass is 10.0. The lowest BCUT2D eigenvalue weighted by Crippen LogP contribution is -2.43. The van der Waals surface area contributed by atoms with Crippen molar-refractivity contribution in [2.24, 2.45) is 0 Å². The number of aromatic nitrogens is 1. The Labute approximate surface area is 246 Å². The molecular formula is C34H27F3N2O4. The van der Waals surface area contributed by atoms with E-state index in [2.05, 4.69) is 10.3 Å². The minimum Gasteiger partial charge on any atom is -0.489 e. The predicted octanol–water partition coefficient (Wildman–Crippen LogP) is 7.01. The first-order chi connectivity index (χ1) is 20.7. The van der Waals surface area contributed by atoms with Crippen LogP contribution in [0.15, 0.2) is 109 Å². The molecule has 0 aliphatic heterocycles. The number of halogens is 3. The lowest BCUT2D eigenvalue weighted by molar-refractivity contribution is -0.143. The van der Waals surface area contributed by atoms with E-state index in [0.717, 1.165) is 28.8 Å². The van der Waals surface area contributed by atoms with Crippen molar-refractivity contribution < 1.29 is 32.2 Å². The second-order valence-electron chi connectivity index (χ2n) is 9.88. The number of carbonyl (C=O) groups is 2. The fourth-order valence-corrected chi connectivity index (χ4v) is 4.56. The number of pyridine rings is 1. The van der Waals surface area contributed by atoms with Crippen molar-refractivity contribution in [2.75, 3.05) is 7.11 Å². The van der Waals surface area contributed by atoms with Crippen LogP contribution in [0.5, 0.6) is 5.75 Å². The number of ether oxygens (including phenoxy) is 2. The van der Waals surface area contributed by atoms with E-state index in [9.17, 15) is 22.8 Å². The Kier molecular flexibility index (Phi) is 8.71. The Balaban J connectivity index is 1.23. The summed E-state index contributed by atoms with van der Waals surface area (Å²) in [6.45, 7) is 0.0848. The van der Waals surface area contributed by atoms with Gasteiger partial charge >= 0.3 is 12.1 Å². The Bertz CT molecular complexity index is 1720. The summed E-state index contributed by atoms with van der Waals surface area (Å²) in [6, 6.07) is 28.3. The molecule has 0 bridgehead atoms. The Morgan fingerprint density at radius 2 is 1.49 bits per heavy atom. The van der Waals surface area contributed by atoms with Gasteiger partial charge in [-0.2, -0.15) is 13.2 Å². The smallest absolute Gasteiger partial charge is 0.416 e. The maximum absolute atomic E-state index is 13.1. The van der Waals surface area contributed by atoms with Gasteiger partial charge < -0.3 is 14.8 Å². The third-order valence-corrected chi connectivity index (χ3v) is 6.90. The molecule has 1 aromatic heterocycles. The molecule has 1 atom stereocenters. The van der Waals surface area contributed by atoms with Gasteiger partial charge in [0.1, 0.15) is 24.1 Å². The summed E-state index contributed by atoms with van der Waals surface area (Å²) >= 11 is 0. The first-order valence-corrected chi connectivity index (χ1v) is 13.4. The van der Waals surface area contributed by atoms with Gasteiger partial charge in [-0.1, -0.05) is 72.8 Å². The van der Waals surface area contributed by atoms with Crippen LogP contribution >= 0.6 is 0 Å². The van der Waals surface area contributed by atoms with Gasteiger partial charge in [0.2, 0.25) is 0 Å². The molecule has 4 aromatic carbocycles. The van der Waals surface area contributed by atoms with Crippen LogP contribution in [0.4, 0.5) is 13.2 Å². The molecule has 0 saturated heterocycles. The highest BCUT2D eigenvalue weighted by molar-refractivity contribution is 5.98. The quantitative estimate of drug-likeness (QED) is 0.189. The monoisotopic (exact) mass is 584 g/mol. The van der Waals surface area contributed by atoms with Crippen molar-refractivity contribution in [1.82, 2.24) is 10.3 Å². The van der Waals surface area contributed by atoms with E-state index in [1.54, 1.807) is 24.3 Å². The molecule has 0 fully saturated rings. The number of esters is 1. The van der Waals surface area contributed by atoms with Crippen molar-refractivity contribution in [3.8, 4) is 16.9 Å². The van der Waals surface area contributed by atoms with Gasteiger partial charge in [0.25, 0.3) is 5.91 Å². The standard InChI is InChI=1S/C34H27F3N2O4/c1-42-33(41)31(17-22-7-11-25(12-8-22)24-5-3-2-4-6-24)39-32(40)30-19-26-13-16-29(18-27(26)20-38-30)43-21-23-9-14-28(15-10-23)34(35,36)37/h2-16,18-20,31H,17,21H2,1H3,(H,39,40)/t31-/m0/s1. The molecule has 0 radical (unpaired) electrons. The minimum atomic E-state index is -4.39. The molecule has 1 heterocycles. The number of hydrogen-bond donors (Lipinski definition) is 1. The molecule has 9 heteroatoms. The molecule has 43 heavy (non-hydrogen) atoms. The molecule has 0 aliphatic rings. The highest BCUT2D eigenvalue weighted by atomic mass is 19.4. The summed E-state index contributed by atoms with van der Waals surface area (Å²) in [7, 11) is 1.27. The molecule has 6 nitrogen and oxygen atoms in total. The molecule has 218 valence electrons. The van der Waals surface area contributed by atoms with Gasteiger partial charge in [0.05, 0.1) is 12.7 Å². The molecule has 5 rings (SSSR count). The van der Waals surface area contributed by atoms with Crippen LogP contribution in [0.2, 0.25) is 0 Å². The van der Waals surface area contributed by atoms with Crippen LogP contribution < -0.4 is 10.1 Å². The summed E-state index contributed by atoms with van der Waals surface area (Å²) < 4.78 is 49.0. The van der Waals surface area contributed by atoms with E-state index in [-0.39, 0.29) is 18.7 Å². The first-order valence-electron chi connectivity index (χ1n) is 13.4. The highest BCUT2D eigenvalue weighted by Gasteiger charge is 2.30. The van der Waals surface area contributed by atoms with Gasteiger partial charge in [-0.3, -0.25) is 9.78 Å². The number of benzene rings is 4. The Morgan fingerprint density at radius 3 is 2.16 bits per heavy atom. The number of methoxy groups -OCH3 is 1. The van der Waals surface area contributed by atoms with Crippen molar-refractivity contribution in [1.29, 1.82) is 0 Å². The SMILES string of the molecule is COC(=O)[C@H](Cc1ccc(-c2ccccc2)cc1)NC(=O)c1cc2ccc(OCc3ccc(C(F)(F)F)cc3)cc2cn1. The summed E-state index contributed by atoms with van der Waals surface area (Å²) in [4.78, 5) is 29.9. The molecule has 0 unspecified atom stereocenters. The molecular weight excluding hydrogens is 557 g/mol. The van der Waals surface area contributed by atoms with Gasteiger partial charge in [-0.05, 0) is 58.0 Å². The number of rotatable bonds is 9. The number of amides is 1. The largest absolute Gasteiger partial charge is 0.489 e. The zero-order valence-electron chi connectivity index (χ0n) is 23.1. The summed E-state index contributed by atoms with van der Waals surface area (Å²) in [6.07, 6.45) is -2.64. The molecule has 0 spiro atoms. The average Bonchev–Trinajstić information content (AvgIpc) is 3.03. The summed E-state index contributed by atoms with van der Waals surface area (Å²) in [5.74, 6) is -0.604. The van der Waals surface area contributed by atoms with E-state index in [1.807, 2.05) is 54.6 Å². The Morgan fingerprint density at radius 1 is 0.814 bits per heavy atom. The number of alkyl halides is 3. The van der Waals surface area contributed by atoms with Crippen molar-refractivity contribution in [3.05, 3.63) is 132 Å². The van der Waals surface area contributed by atoms with E-state index >= 15 is 0 Å². The zero-order valence-corrected chi connectivity index (χ0v) is 23.1. The molecule has 1 N–H and O–H groups in total. The third-order valence-electron chi connectivity index (χ3n) is 6.90. The van der Waals surface area contributed by atoms with Crippen LogP contribution in [0.3, 0.4) is 0 Å². The van der Waals surface area contributed by atoms with E-state index in [0.29, 0.717) is 22.1 Å². The Hall–Kier alpha value is -5.18. The number of nitrogens with one attached hydrogen (secondary N) is 1. The van der Waals surface area contributed by atoms with Crippen LogP contribution in [-0.4, -0.2) is 30.0 Å². The highest BCUT2D eigenvalue weighted by Crippen LogP contribution is 2.29. The number of hydrogen-bond acceptors (Lipinski definition) is 5. The normalized spacial score (nSPS) is 12.0. The fourth-order valence-electron chi connectivity index (χ4n) is 4.56. The number of nitrogens with zero attached hydrogens (tertiary/aromatic N) is 1. The second kappa shape index (κ2) is 12.8. The van der Waals surface area contributed by atoms with Crippen LogP contribution in [0.1, 0.15) is 27.2 Å². The lowest BCUT2D eigenvalue weighted by Gasteiger charge is -2.17. The van der Waals surface area contributed by atoms with Crippen LogP contribution in [-0.2, 0) is 28.7 Å². The van der Waals surface area contributed by atoms with Gasteiger partial charge in [-0.15, -0.1) is 0 Å². The van der Waals surface area contributed by atoms with Gasteiger partial charge in [0, 0.05) is 18.0 Å². The van der Waals surface area contributed by atoms with Crippen molar-refractivity contribution in [2.45, 2.75) is 25.2 Å². The number of fused-ring (bicyclic) bond motifs is 1. The average molecular weight is 585 g/mol. The summed E-state index contributed by atoms with van der Waals surface area (Å²) in [5.41, 5.74) is 2.96. The van der Waals surface area contributed by atoms with Gasteiger partial charge in [0.15, 0.2) is 0 Å². The van der Waals surface area contributed by atoms with E-state index in [4.69, 9.17) is 9.47 Å². The summed E-state index contributed by atoms with van der Waals surface area (Å²) in [5, 5.41) is 4.15. The topological polar surface area (TPSA) is 77.5 Å². The molecule has 5 aromatic rings. The van der Waals surface area contributed by atoms with Crippen molar-refractivity contribution >= 4 is 22.6 Å². The van der Waals surface area contributed by atoms with Crippen LogP contribution in [0, 0.1) is 0 Å². The number of carbonyl (C=O) groups excluding carboxylic acids is 2. The maximum Gasteiger partial charge on any atom is 0.416 e. The van der Waals surface area contributed by atoms with Crippen molar-refractivity contribution in [3.63, 3.8) is 0 Å². The third kappa shape index (κ3) is 7.37. The van der Waals surface area contributed by atoms with Gasteiger partial charge in [-0.25, -0.2) is 4.79 Å². The first kappa shape index (κ1) is 29.3. The molecule has 0 saturated carbocycles. The molecule has 0 aliphatic carbocycles. The van der Waals surface area contributed by atoms with E-state index in [1.165, 1.54) is 25.4 Å². The fraction of sp³-hybridized carbons (Fsp3) is 0.147.